The molecule has 0 spiro atoms. The van der Waals surface area contributed by atoms with Gasteiger partial charge in [0.2, 0.25) is 5.91 Å². The molecule has 1 aromatic carbocycles. The summed E-state index contributed by atoms with van der Waals surface area (Å²) in [5.74, 6) is 0.359. The Bertz CT molecular complexity index is 1100. The second-order valence-corrected chi connectivity index (χ2v) is 8.49. The summed E-state index contributed by atoms with van der Waals surface area (Å²) in [5, 5.41) is 4.09. The Labute approximate surface area is 181 Å². The minimum atomic E-state index is -0.115. The fourth-order valence-corrected chi connectivity index (χ4v) is 4.44. The summed E-state index contributed by atoms with van der Waals surface area (Å²) in [4.78, 5) is 31.3. The molecular weight excluding hydrogens is 456 g/mol. The minimum absolute atomic E-state index is 0.00362. The molecule has 3 aromatic rings. The fourth-order valence-electron chi connectivity index (χ4n) is 3.74. The first-order valence-corrected chi connectivity index (χ1v) is 10.6. The molecule has 4 rings (SSSR count). The van der Waals surface area contributed by atoms with Gasteiger partial charge in [-0.3, -0.25) is 14.5 Å². The number of carbonyl (C=O) groups is 1. The summed E-state index contributed by atoms with van der Waals surface area (Å²) in [6.45, 7) is 2.17. The van der Waals surface area contributed by atoms with E-state index in [-0.39, 0.29) is 17.3 Å². The number of nitrogens with zero attached hydrogens (tertiary/aromatic N) is 3. The van der Waals surface area contributed by atoms with Crippen molar-refractivity contribution < 1.29 is 4.79 Å². The van der Waals surface area contributed by atoms with E-state index in [1.807, 2.05) is 24.4 Å². The Morgan fingerprint density at radius 2 is 2.14 bits per heavy atom. The lowest BCUT2D eigenvalue weighted by molar-refractivity contribution is -0.121. The summed E-state index contributed by atoms with van der Waals surface area (Å²) in [5.41, 5.74) is 0.876. The number of nitrogens with one attached hydrogen (secondary N) is 1. The maximum atomic E-state index is 12.7. The quantitative estimate of drug-likeness (QED) is 0.616. The number of carbonyl (C=O) groups excluding carboxylic acids is 1. The van der Waals surface area contributed by atoms with E-state index in [4.69, 9.17) is 11.6 Å². The molecule has 1 amide bonds. The molecule has 29 heavy (non-hydrogen) atoms. The molecule has 0 radical (unpaired) electrons. The van der Waals surface area contributed by atoms with E-state index in [2.05, 4.69) is 35.7 Å². The van der Waals surface area contributed by atoms with Gasteiger partial charge in [0.05, 0.1) is 23.1 Å². The van der Waals surface area contributed by atoms with Crippen molar-refractivity contribution in [1.29, 1.82) is 0 Å². The van der Waals surface area contributed by atoms with Gasteiger partial charge >= 0.3 is 0 Å². The summed E-state index contributed by atoms with van der Waals surface area (Å²) in [7, 11) is 0. The van der Waals surface area contributed by atoms with Gasteiger partial charge < -0.3 is 9.88 Å². The lowest BCUT2D eigenvalue weighted by Crippen LogP contribution is -2.41. The van der Waals surface area contributed by atoms with Crippen LogP contribution < -0.4 is 10.7 Å². The molecule has 0 bridgehead atoms. The maximum Gasteiger partial charge on any atom is 0.229 e. The third-order valence-corrected chi connectivity index (χ3v) is 6.02. The van der Waals surface area contributed by atoms with E-state index < -0.39 is 0 Å². The molecule has 0 aliphatic carbocycles. The lowest BCUT2D eigenvalue weighted by Gasteiger charge is -2.32. The topological polar surface area (TPSA) is 67.2 Å². The second-order valence-electron chi connectivity index (χ2n) is 7.19. The zero-order valence-corrected chi connectivity index (χ0v) is 18.0. The minimum Gasteiger partial charge on any atom is -0.333 e. The molecule has 1 N–H and O–H groups in total. The molecule has 1 saturated heterocycles. The predicted molar refractivity (Wildman–Crippen MR) is 118 cm³/mol. The Balaban J connectivity index is 1.49. The number of benzene rings is 1. The number of piperidine rings is 1. The summed E-state index contributed by atoms with van der Waals surface area (Å²) in [6, 6.07) is 10.6. The third kappa shape index (κ3) is 4.52. The number of pyridine rings is 2. The van der Waals surface area contributed by atoms with Gasteiger partial charge in [-0.15, -0.1) is 0 Å². The highest BCUT2D eigenvalue weighted by Crippen LogP contribution is 2.24. The number of para-hydroxylation sites is 1. The molecular formula is C21H20BrClN4O2. The van der Waals surface area contributed by atoms with Crippen molar-refractivity contribution in [1.82, 2.24) is 14.5 Å². The molecule has 3 heterocycles. The highest BCUT2D eigenvalue weighted by Gasteiger charge is 2.26. The van der Waals surface area contributed by atoms with Crippen LogP contribution in [0.2, 0.25) is 5.02 Å². The Kier molecular flexibility index (Phi) is 5.99. The van der Waals surface area contributed by atoms with Gasteiger partial charge in [-0.2, -0.15) is 0 Å². The van der Waals surface area contributed by atoms with Crippen LogP contribution in [0.15, 0.2) is 58.1 Å². The average Bonchev–Trinajstić information content (AvgIpc) is 2.72. The zero-order chi connectivity index (χ0) is 20.4. The molecule has 1 atom stereocenters. The van der Waals surface area contributed by atoms with E-state index in [0.29, 0.717) is 29.4 Å². The molecule has 8 heteroatoms. The van der Waals surface area contributed by atoms with Gasteiger partial charge in [0.25, 0.3) is 0 Å². The van der Waals surface area contributed by atoms with E-state index in [0.717, 1.165) is 29.4 Å². The predicted octanol–water partition coefficient (Wildman–Crippen LogP) is 4.12. The van der Waals surface area contributed by atoms with Gasteiger partial charge in [0.15, 0.2) is 5.43 Å². The van der Waals surface area contributed by atoms with Gasteiger partial charge in [-0.1, -0.05) is 17.7 Å². The van der Waals surface area contributed by atoms with Crippen LogP contribution in [0.3, 0.4) is 0 Å². The standard InChI is InChI=1S/C21H20BrClN4O2/c22-17-5-1-4-16-18(28)8-10-27(20(16)17)13-26-9-2-3-14(12-26)21(29)25-19-7-6-15(23)11-24-19/h1,4-8,10-11,14H,2-3,9,12-13H2,(H,24,25,29). The van der Waals surface area contributed by atoms with Crippen LogP contribution in [-0.2, 0) is 11.5 Å². The van der Waals surface area contributed by atoms with Crippen molar-refractivity contribution in [2.45, 2.75) is 19.5 Å². The number of amides is 1. The third-order valence-electron chi connectivity index (χ3n) is 5.15. The van der Waals surface area contributed by atoms with E-state index in [1.54, 1.807) is 18.2 Å². The zero-order valence-electron chi connectivity index (χ0n) is 15.6. The first kappa shape index (κ1) is 20.1. The smallest absolute Gasteiger partial charge is 0.229 e. The molecule has 1 aliphatic heterocycles. The molecule has 0 saturated carbocycles. The summed E-state index contributed by atoms with van der Waals surface area (Å²) < 4.78 is 2.94. The maximum absolute atomic E-state index is 12.7. The van der Waals surface area contributed by atoms with Crippen molar-refractivity contribution in [3.05, 3.63) is 68.5 Å². The average molecular weight is 476 g/mol. The Morgan fingerprint density at radius 3 is 2.93 bits per heavy atom. The van der Waals surface area contributed by atoms with Gasteiger partial charge in [0, 0.05) is 34.9 Å². The lowest BCUT2D eigenvalue weighted by atomic mass is 9.97. The number of aromatic nitrogens is 2. The Morgan fingerprint density at radius 1 is 1.28 bits per heavy atom. The van der Waals surface area contributed by atoms with Crippen LogP contribution in [0.25, 0.3) is 10.9 Å². The first-order valence-electron chi connectivity index (χ1n) is 9.44. The van der Waals surface area contributed by atoms with Crippen LogP contribution in [-0.4, -0.2) is 33.4 Å². The second kappa shape index (κ2) is 8.65. The van der Waals surface area contributed by atoms with Gasteiger partial charge in [-0.05, 0) is 59.6 Å². The number of fused-ring (bicyclic) bond motifs is 1. The van der Waals surface area contributed by atoms with Crippen molar-refractivity contribution in [3.63, 3.8) is 0 Å². The SMILES string of the molecule is O=C(Nc1ccc(Cl)cn1)C1CCCN(Cn2ccc(=O)c3cccc(Br)c32)C1. The normalized spacial score (nSPS) is 17.4. The number of hydrogen-bond donors (Lipinski definition) is 1. The number of halogens is 2. The van der Waals surface area contributed by atoms with Crippen molar-refractivity contribution in [2.24, 2.45) is 5.92 Å². The monoisotopic (exact) mass is 474 g/mol. The number of rotatable bonds is 4. The number of likely N-dealkylation sites (tertiary alicyclic amines) is 1. The molecule has 2 aromatic heterocycles. The van der Waals surface area contributed by atoms with E-state index >= 15 is 0 Å². The molecule has 6 nitrogen and oxygen atoms in total. The first-order chi connectivity index (χ1) is 14.0. The number of hydrogen-bond acceptors (Lipinski definition) is 4. The molecule has 1 fully saturated rings. The Hall–Kier alpha value is -2.22. The highest BCUT2D eigenvalue weighted by molar-refractivity contribution is 9.10. The van der Waals surface area contributed by atoms with Gasteiger partial charge in [0.1, 0.15) is 5.82 Å². The molecule has 1 unspecified atom stereocenters. The fraction of sp³-hybridized carbons (Fsp3) is 0.286. The van der Waals surface area contributed by atoms with Crippen molar-refractivity contribution >= 4 is 50.2 Å². The van der Waals surface area contributed by atoms with Crippen LogP contribution in [0, 0.1) is 5.92 Å². The largest absolute Gasteiger partial charge is 0.333 e. The summed E-state index contributed by atoms with van der Waals surface area (Å²) in [6.07, 6.45) is 5.11. The van der Waals surface area contributed by atoms with Crippen LogP contribution in [0.1, 0.15) is 12.8 Å². The molecule has 1 aliphatic rings. The summed E-state index contributed by atoms with van der Waals surface area (Å²) >= 11 is 9.41. The van der Waals surface area contributed by atoms with Crippen LogP contribution in [0.4, 0.5) is 5.82 Å². The number of anilines is 1. The van der Waals surface area contributed by atoms with Crippen LogP contribution >= 0.6 is 27.5 Å². The van der Waals surface area contributed by atoms with E-state index in [9.17, 15) is 9.59 Å². The van der Waals surface area contributed by atoms with Crippen LogP contribution in [0.5, 0.6) is 0 Å². The highest BCUT2D eigenvalue weighted by atomic mass is 79.9. The van der Waals surface area contributed by atoms with Crippen molar-refractivity contribution in [3.8, 4) is 0 Å². The van der Waals surface area contributed by atoms with Crippen molar-refractivity contribution in [2.75, 3.05) is 18.4 Å². The van der Waals surface area contributed by atoms with Gasteiger partial charge in [-0.25, -0.2) is 4.98 Å². The van der Waals surface area contributed by atoms with E-state index in [1.165, 1.54) is 6.20 Å². The molecule has 150 valence electrons.